The summed E-state index contributed by atoms with van der Waals surface area (Å²) in [5, 5.41) is 0. The van der Waals surface area contributed by atoms with E-state index in [-0.39, 0.29) is 11.6 Å². The van der Waals surface area contributed by atoms with E-state index in [2.05, 4.69) is 11.8 Å². The molecule has 0 aromatic carbocycles. The second kappa shape index (κ2) is 5.47. The van der Waals surface area contributed by atoms with E-state index in [1.165, 1.54) is 0 Å². The molecule has 4 heteroatoms. The lowest BCUT2D eigenvalue weighted by Gasteiger charge is -2.35. The quantitative estimate of drug-likeness (QED) is 0.831. The predicted octanol–water partition coefficient (Wildman–Crippen LogP) is 0.517. The lowest BCUT2D eigenvalue weighted by Crippen LogP contribution is -2.48. The van der Waals surface area contributed by atoms with Crippen LogP contribution in [0, 0.1) is 5.92 Å². The fourth-order valence-electron chi connectivity index (χ4n) is 2.27. The Labute approximate surface area is 102 Å². The minimum atomic E-state index is 0.0715. The molecule has 2 heterocycles. The number of piperidine rings is 1. The first kappa shape index (κ1) is 12.3. The molecule has 1 aromatic heterocycles. The maximum Gasteiger partial charge on any atom is 0.250 e. The largest absolute Gasteiger partial charge is 0.326 e. The number of nitrogens with two attached hydrogens (primary N) is 1. The van der Waals surface area contributed by atoms with Crippen molar-refractivity contribution in [2.24, 2.45) is 11.7 Å². The van der Waals surface area contributed by atoms with Gasteiger partial charge in [-0.3, -0.25) is 4.79 Å². The normalized spacial score (nSPS) is 26.0. The van der Waals surface area contributed by atoms with E-state index in [9.17, 15) is 4.79 Å². The smallest absolute Gasteiger partial charge is 0.250 e. The molecule has 94 valence electrons. The van der Waals surface area contributed by atoms with Gasteiger partial charge in [-0.2, -0.15) is 0 Å². The summed E-state index contributed by atoms with van der Waals surface area (Å²) in [4.78, 5) is 13.9. The molecule has 4 nitrogen and oxygen atoms in total. The SMILES string of the molecule is CC1CCN(CCn2ccccc2=O)CC1N. The van der Waals surface area contributed by atoms with Crippen LogP contribution in [0.4, 0.5) is 0 Å². The van der Waals surface area contributed by atoms with Crippen molar-refractivity contribution in [3.8, 4) is 0 Å². The highest BCUT2D eigenvalue weighted by atomic mass is 16.1. The third-order valence-electron chi connectivity index (χ3n) is 3.66. The number of rotatable bonds is 3. The second-order valence-corrected chi connectivity index (χ2v) is 4.96. The van der Waals surface area contributed by atoms with Gasteiger partial charge < -0.3 is 15.2 Å². The molecule has 1 aromatic rings. The van der Waals surface area contributed by atoms with Gasteiger partial charge >= 0.3 is 0 Å². The molecule has 0 spiro atoms. The molecule has 1 fully saturated rings. The standard InChI is InChI=1S/C13H21N3O/c1-11-5-7-15(10-12(11)14)8-9-16-6-3-2-4-13(16)17/h2-4,6,11-12H,5,7-10,14H2,1H3. The van der Waals surface area contributed by atoms with Crippen LogP contribution < -0.4 is 11.3 Å². The Hall–Kier alpha value is -1.13. The molecule has 1 aliphatic rings. The van der Waals surface area contributed by atoms with Gasteiger partial charge in [-0.15, -0.1) is 0 Å². The summed E-state index contributed by atoms with van der Waals surface area (Å²) < 4.78 is 1.75. The van der Waals surface area contributed by atoms with Crippen molar-refractivity contribution in [1.82, 2.24) is 9.47 Å². The molecule has 2 unspecified atom stereocenters. The molecular formula is C13H21N3O. The molecule has 0 saturated carbocycles. The van der Waals surface area contributed by atoms with Crippen LogP contribution in [0.3, 0.4) is 0 Å². The zero-order valence-corrected chi connectivity index (χ0v) is 10.4. The molecule has 0 radical (unpaired) electrons. The monoisotopic (exact) mass is 235 g/mol. The molecule has 1 aliphatic heterocycles. The Bertz CT molecular complexity index is 415. The van der Waals surface area contributed by atoms with Gasteiger partial charge in [0.1, 0.15) is 0 Å². The van der Waals surface area contributed by atoms with Crippen LogP contribution >= 0.6 is 0 Å². The minimum Gasteiger partial charge on any atom is -0.326 e. The van der Waals surface area contributed by atoms with Gasteiger partial charge in [0.15, 0.2) is 0 Å². The topological polar surface area (TPSA) is 51.3 Å². The van der Waals surface area contributed by atoms with Crippen LogP contribution in [0.1, 0.15) is 13.3 Å². The van der Waals surface area contributed by atoms with E-state index in [0.717, 1.165) is 32.6 Å². The number of nitrogens with zero attached hydrogens (tertiary/aromatic N) is 2. The van der Waals surface area contributed by atoms with Gasteiger partial charge in [-0.1, -0.05) is 13.0 Å². The van der Waals surface area contributed by atoms with Gasteiger partial charge in [0.2, 0.25) is 0 Å². The highest BCUT2D eigenvalue weighted by Gasteiger charge is 2.22. The van der Waals surface area contributed by atoms with Crippen molar-refractivity contribution in [2.45, 2.75) is 25.9 Å². The second-order valence-electron chi connectivity index (χ2n) is 4.96. The summed E-state index contributed by atoms with van der Waals surface area (Å²) in [6, 6.07) is 5.54. The number of hydrogen-bond donors (Lipinski definition) is 1. The first-order valence-corrected chi connectivity index (χ1v) is 6.30. The van der Waals surface area contributed by atoms with Crippen LogP contribution in [-0.4, -0.2) is 35.1 Å². The van der Waals surface area contributed by atoms with Gasteiger partial charge in [0.05, 0.1) is 0 Å². The minimum absolute atomic E-state index is 0.0715. The first-order valence-electron chi connectivity index (χ1n) is 6.30. The van der Waals surface area contributed by atoms with Crippen molar-refractivity contribution in [2.75, 3.05) is 19.6 Å². The van der Waals surface area contributed by atoms with Crippen molar-refractivity contribution in [3.05, 3.63) is 34.7 Å². The molecule has 1 saturated heterocycles. The number of hydrogen-bond acceptors (Lipinski definition) is 3. The fourth-order valence-corrected chi connectivity index (χ4v) is 2.27. The molecule has 0 aliphatic carbocycles. The molecule has 0 bridgehead atoms. The highest BCUT2D eigenvalue weighted by molar-refractivity contribution is 4.93. The maximum atomic E-state index is 11.5. The van der Waals surface area contributed by atoms with Crippen LogP contribution in [0.2, 0.25) is 0 Å². The Balaban J connectivity index is 1.87. The summed E-state index contributed by atoms with van der Waals surface area (Å²) >= 11 is 0. The number of aromatic nitrogens is 1. The summed E-state index contributed by atoms with van der Waals surface area (Å²) in [6.45, 7) is 5.91. The summed E-state index contributed by atoms with van der Waals surface area (Å²) in [7, 11) is 0. The highest BCUT2D eigenvalue weighted by Crippen LogP contribution is 2.14. The van der Waals surface area contributed by atoms with Crippen molar-refractivity contribution >= 4 is 0 Å². The Kier molecular flexibility index (Phi) is 3.97. The maximum absolute atomic E-state index is 11.5. The molecule has 0 amide bonds. The van der Waals surface area contributed by atoms with E-state index in [1.54, 1.807) is 16.7 Å². The first-order chi connectivity index (χ1) is 8.16. The lowest BCUT2D eigenvalue weighted by molar-refractivity contribution is 0.163. The van der Waals surface area contributed by atoms with E-state index in [0.29, 0.717) is 5.92 Å². The van der Waals surface area contributed by atoms with Crippen LogP contribution in [0.5, 0.6) is 0 Å². The van der Waals surface area contributed by atoms with Crippen LogP contribution in [-0.2, 0) is 6.54 Å². The van der Waals surface area contributed by atoms with E-state index >= 15 is 0 Å². The van der Waals surface area contributed by atoms with E-state index < -0.39 is 0 Å². The van der Waals surface area contributed by atoms with Gasteiger partial charge in [-0.05, 0) is 24.9 Å². The Morgan fingerprint density at radius 3 is 2.94 bits per heavy atom. The predicted molar refractivity (Wildman–Crippen MR) is 68.9 cm³/mol. The zero-order valence-electron chi connectivity index (χ0n) is 10.4. The Morgan fingerprint density at radius 1 is 1.41 bits per heavy atom. The van der Waals surface area contributed by atoms with Crippen molar-refractivity contribution in [1.29, 1.82) is 0 Å². The van der Waals surface area contributed by atoms with Crippen LogP contribution in [0.15, 0.2) is 29.2 Å². The van der Waals surface area contributed by atoms with Gasteiger partial charge in [0.25, 0.3) is 5.56 Å². The molecule has 2 atom stereocenters. The van der Waals surface area contributed by atoms with Crippen molar-refractivity contribution < 1.29 is 0 Å². The summed E-state index contributed by atoms with van der Waals surface area (Å²) in [6.07, 6.45) is 3.00. The van der Waals surface area contributed by atoms with Crippen molar-refractivity contribution in [3.63, 3.8) is 0 Å². The number of likely N-dealkylation sites (tertiary alicyclic amines) is 1. The third kappa shape index (κ3) is 3.17. The van der Waals surface area contributed by atoms with E-state index in [4.69, 9.17) is 5.73 Å². The van der Waals surface area contributed by atoms with Crippen LogP contribution in [0.25, 0.3) is 0 Å². The van der Waals surface area contributed by atoms with Gasteiger partial charge in [0, 0.05) is 37.9 Å². The number of pyridine rings is 1. The molecule has 2 N–H and O–H groups in total. The third-order valence-corrected chi connectivity index (χ3v) is 3.66. The lowest BCUT2D eigenvalue weighted by atomic mass is 9.94. The molecule has 17 heavy (non-hydrogen) atoms. The molecule has 2 rings (SSSR count). The zero-order chi connectivity index (χ0) is 12.3. The molecular weight excluding hydrogens is 214 g/mol. The fraction of sp³-hybridized carbons (Fsp3) is 0.615. The summed E-state index contributed by atoms with van der Waals surface area (Å²) in [5.41, 5.74) is 6.13. The van der Waals surface area contributed by atoms with E-state index in [1.807, 2.05) is 12.3 Å². The van der Waals surface area contributed by atoms with Gasteiger partial charge in [-0.25, -0.2) is 0 Å². The average Bonchev–Trinajstić information content (AvgIpc) is 2.32. The average molecular weight is 235 g/mol. The Morgan fingerprint density at radius 2 is 2.24 bits per heavy atom. The summed E-state index contributed by atoms with van der Waals surface area (Å²) in [5.74, 6) is 0.616.